The van der Waals surface area contributed by atoms with Gasteiger partial charge in [-0.3, -0.25) is 19.4 Å². The topological polar surface area (TPSA) is 97.4 Å². The number of ether oxygens (including phenoxy) is 1. The number of benzene rings is 3. The van der Waals surface area contributed by atoms with Crippen LogP contribution in [0.25, 0.3) is 10.8 Å². The van der Waals surface area contributed by atoms with Crippen molar-refractivity contribution in [2.24, 2.45) is 0 Å². The number of allylic oxidation sites excluding steroid dienone is 2. The number of anilines is 1. The fourth-order valence-electron chi connectivity index (χ4n) is 4.03. The third-order valence-electron chi connectivity index (χ3n) is 5.81. The SMILES string of the molecule is CNC(=O)c1cc(Oc2cccc3c(C(=O)Nc4ccc(C(=O)C=C(C)C)c(C(F)(F)F)c4)cccc23)ccn1. The number of amides is 2. The van der Waals surface area contributed by atoms with Gasteiger partial charge in [0, 0.05) is 41.5 Å². The number of ketones is 1. The van der Waals surface area contributed by atoms with E-state index in [1.807, 2.05) is 0 Å². The third-order valence-corrected chi connectivity index (χ3v) is 5.81. The summed E-state index contributed by atoms with van der Waals surface area (Å²) in [6.07, 6.45) is -2.25. The van der Waals surface area contributed by atoms with Crippen LogP contribution in [-0.2, 0) is 6.18 Å². The summed E-state index contributed by atoms with van der Waals surface area (Å²) in [6.45, 7) is 3.22. The van der Waals surface area contributed by atoms with Gasteiger partial charge in [0.2, 0.25) is 0 Å². The largest absolute Gasteiger partial charge is 0.457 e. The number of fused-ring (bicyclic) bond motifs is 1. The average Bonchev–Trinajstić information content (AvgIpc) is 2.91. The van der Waals surface area contributed by atoms with Crippen LogP contribution in [0, 0.1) is 0 Å². The standard InChI is InChI=1S/C30H24F3N3O4/c1-17(2)14-26(37)23-11-10-18(15-24(23)30(31,32)33)36-28(38)22-8-4-7-21-20(22)6-5-9-27(21)40-19-12-13-35-25(16-19)29(39)34-3/h4-16H,1-3H3,(H,34,39)(H,36,38). The van der Waals surface area contributed by atoms with Crippen LogP contribution in [0.3, 0.4) is 0 Å². The molecule has 204 valence electrons. The number of aromatic nitrogens is 1. The molecule has 0 aliphatic heterocycles. The average molecular weight is 548 g/mol. The van der Waals surface area contributed by atoms with E-state index in [4.69, 9.17) is 4.74 Å². The molecular formula is C30H24F3N3O4. The monoisotopic (exact) mass is 547 g/mol. The fourth-order valence-corrected chi connectivity index (χ4v) is 4.03. The van der Waals surface area contributed by atoms with Crippen LogP contribution in [-0.4, -0.2) is 29.6 Å². The maximum Gasteiger partial charge on any atom is 0.417 e. The molecule has 0 fully saturated rings. The van der Waals surface area contributed by atoms with Crippen molar-refractivity contribution in [2.45, 2.75) is 20.0 Å². The summed E-state index contributed by atoms with van der Waals surface area (Å²) in [6, 6.07) is 16.0. The van der Waals surface area contributed by atoms with Crippen LogP contribution >= 0.6 is 0 Å². The summed E-state index contributed by atoms with van der Waals surface area (Å²) in [5.74, 6) is -1.07. The predicted molar refractivity (Wildman–Crippen MR) is 145 cm³/mol. The highest BCUT2D eigenvalue weighted by atomic mass is 19.4. The van der Waals surface area contributed by atoms with Gasteiger partial charge in [0.1, 0.15) is 17.2 Å². The van der Waals surface area contributed by atoms with E-state index in [1.54, 1.807) is 50.2 Å². The Morgan fingerprint density at radius 2 is 1.60 bits per heavy atom. The molecule has 2 amide bonds. The van der Waals surface area contributed by atoms with Gasteiger partial charge in [-0.2, -0.15) is 13.2 Å². The zero-order valence-electron chi connectivity index (χ0n) is 21.7. The Labute approximate surface area is 227 Å². The van der Waals surface area contributed by atoms with Crippen LogP contribution in [0.5, 0.6) is 11.5 Å². The van der Waals surface area contributed by atoms with Gasteiger partial charge in [0.05, 0.1) is 5.56 Å². The molecule has 1 aromatic heterocycles. The van der Waals surface area contributed by atoms with Crippen molar-refractivity contribution in [1.29, 1.82) is 0 Å². The number of hydrogen-bond acceptors (Lipinski definition) is 5. The van der Waals surface area contributed by atoms with Gasteiger partial charge >= 0.3 is 6.18 Å². The Bertz CT molecular complexity index is 1660. The first-order valence-electron chi connectivity index (χ1n) is 12.1. The summed E-state index contributed by atoms with van der Waals surface area (Å²) in [5.41, 5.74) is -0.849. The Kier molecular flexibility index (Phi) is 7.99. The molecule has 10 heteroatoms. The zero-order chi connectivity index (χ0) is 29.0. The van der Waals surface area contributed by atoms with Gasteiger partial charge in [-0.1, -0.05) is 29.8 Å². The lowest BCUT2D eigenvalue weighted by Gasteiger charge is -2.15. The van der Waals surface area contributed by atoms with Crippen LogP contribution in [0.2, 0.25) is 0 Å². The normalized spacial score (nSPS) is 11.1. The predicted octanol–water partition coefficient (Wildman–Crippen LogP) is 6.81. The Morgan fingerprint density at radius 1 is 0.875 bits per heavy atom. The summed E-state index contributed by atoms with van der Waals surface area (Å²) in [5, 5.41) is 6.04. The van der Waals surface area contributed by atoms with Crippen LogP contribution in [0.4, 0.5) is 18.9 Å². The lowest BCUT2D eigenvalue weighted by atomic mass is 10.00. The molecule has 4 aromatic rings. The van der Waals surface area contributed by atoms with Crippen molar-refractivity contribution < 1.29 is 32.3 Å². The molecule has 0 spiro atoms. The molecule has 0 unspecified atom stereocenters. The van der Waals surface area contributed by atoms with Crippen molar-refractivity contribution in [3.05, 3.63) is 107 Å². The van der Waals surface area contributed by atoms with Crippen LogP contribution < -0.4 is 15.4 Å². The van der Waals surface area contributed by atoms with E-state index in [1.165, 1.54) is 31.4 Å². The van der Waals surface area contributed by atoms with E-state index < -0.39 is 29.0 Å². The highest BCUT2D eigenvalue weighted by Gasteiger charge is 2.35. The summed E-state index contributed by atoms with van der Waals surface area (Å²) >= 11 is 0. The first-order valence-corrected chi connectivity index (χ1v) is 12.1. The van der Waals surface area contributed by atoms with Gasteiger partial charge in [0.25, 0.3) is 11.8 Å². The number of rotatable bonds is 7. The molecular weight excluding hydrogens is 523 g/mol. The molecule has 0 bridgehead atoms. The number of pyridine rings is 1. The fraction of sp³-hybridized carbons (Fsp3) is 0.133. The molecule has 0 aliphatic carbocycles. The smallest absolute Gasteiger partial charge is 0.417 e. The van der Waals surface area contributed by atoms with Crippen molar-refractivity contribution in [2.75, 3.05) is 12.4 Å². The van der Waals surface area contributed by atoms with Crippen molar-refractivity contribution in [1.82, 2.24) is 10.3 Å². The number of carbonyl (C=O) groups is 3. The molecule has 4 rings (SSSR count). The third kappa shape index (κ3) is 6.17. The molecule has 0 saturated carbocycles. The lowest BCUT2D eigenvalue weighted by molar-refractivity contribution is -0.137. The zero-order valence-corrected chi connectivity index (χ0v) is 21.7. The van der Waals surface area contributed by atoms with E-state index in [-0.39, 0.29) is 22.9 Å². The van der Waals surface area contributed by atoms with E-state index in [2.05, 4.69) is 15.6 Å². The van der Waals surface area contributed by atoms with Gasteiger partial charge in [0.15, 0.2) is 5.78 Å². The molecule has 0 radical (unpaired) electrons. The van der Waals surface area contributed by atoms with Gasteiger partial charge in [-0.05, 0) is 61.7 Å². The molecule has 40 heavy (non-hydrogen) atoms. The summed E-state index contributed by atoms with van der Waals surface area (Å²) in [7, 11) is 1.48. The molecule has 7 nitrogen and oxygen atoms in total. The molecule has 0 aliphatic rings. The second kappa shape index (κ2) is 11.4. The lowest BCUT2D eigenvalue weighted by Crippen LogP contribution is -2.18. The quantitative estimate of drug-likeness (QED) is 0.196. The van der Waals surface area contributed by atoms with E-state index in [0.29, 0.717) is 27.8 Å². The second-order valence-electron chi connectivity index (χ2n) is 9.01. The van der Waals surface area contributed by atoms with Gasteiger partial charge in [-0.15, -0.1) is 0 Å². The van der Waals surface area contributed by atoms with E-state index in [0.717, 1.165) is 18.2 Å². The maximum absolute atomic E-state index is 13.8. The van der Waals surface area contributed by atoms with Crippen LogP contribution in [0.1, 0.15) is 50.6 Å². The summed E-state index contributed by atoms with van der Waals surface area (Å²) < 4.78 is 47.3. The van der Waals surface area contributed by atoms with Crippen molar-refractivity contribution in [3.8, 4) is 11.5 Å². The molecule has 1 heterocycles. The Balaban J connectivity index is 1.66. The van der Waals surface area contributed by atoms with E-state index in [9.17, 15) is 27.6 Å². The van der Waals surface area contributed by atoms with Crippen LogP contribution in [0.15, 0.2) is 84.6 Å². The number of halogens is 3. The Morgan fingerprint density at radius 3 is 2.30 bits per heavy atom. The highest BCUT2D eigenvalue weighted by molar-refractivity contribution is 6.14. The van der Waals surface area contributed by atoms with Crippen molar-refractivity contribution >= 4 is 34.1 Å². The van der Waals surface area contributed by atoms with Crippen molar-refractivity contribution in [3.63, 3.8) is 0 Å². The van der Waals surface area contributed by atoms with E-state index >= 15 is 0 Å². The molecule has 2 N–H and O–H groups in total. The Hall–Kier alpha value is -4.99. The summed E-state index contributed by atoms with van der Waals surface area (Å²) in [4.78, 5) is 41.5. The molecule has 3 aromatic carbocycles. The number of nitrogens with one attached hydrogen (secondary N) is 2. The first kappa shape index (κ1) is 28.0. The minimum Gasteiger partial charge on any atom is -0.457 e. The molecule has 0 saturated heterocycles. The second-order valence-corrected chi connectivity index (χ2v) is 9.01. The maximum atomic E-state index is 13.8. The number of hydrogen-bond donors (Lipinski definition) is 2. The first-order chi connectivity index (χ1) is 19.0. The minimum absolute atomic E-state index is 0.117. The highest BCUT2D eigenvalue weighted by Crippen LogP contribution is 2.35. The molecule has 0 atom stereocenters. The number of carbonyl (C=O) groups excluding carboxylic acids is 3. The number of nitrogens with zero attached hydrogens (tertiary/aromatic N) is 1. The van der Waals surface area contributed by atoms with Gasteiger partial charge < -0.3 is 15.4 Å². The minimum atomic E-state index is -4.81. The number of alkyl halides is 3. The van der Waals surface area contributed by atoms with Gasteiger partial charge in [-0.25, -0.2) is 0 Å².